The predicted octanol–water partition coefficient (Wildman–Crippen LogP) is 4.99. The lowest BCUT2D eigenvalue weighted by atomic mass is 10.1. The van der Waals surface area contributed by atoms with Gasteiger partial charge in [0, 0.05) is 17.1 Å². The molecule has 0 aliphatic carbocycles. The largest absolute Gasteiger partial charge is 0.496 e. The second-order valence-corrected chi connectivity index (χ2v) is 6.14. The molecule has 25 heavy (non-hydrogen) atoms. The Kier molecular flexibility index (Phi) is 6.67. The highest BCUT2D eigenvalue weighted by Gasteiger charge is 2.14. The molecule has 0 spiro atoms. The second-order valence-electron chi connectivity index (χ2n) is 5.29. The van der Waals surface area contributed by atoms with Crippen LogP contribution < -0.4 is 15.4 Å². The van der Waals surface area contributed by atoms with Crippen molar-refractivity contribution in [1.82, 2.24) is 0 Å². The smallest absolute Gasteiger partial charge is 0.259 e. The Bertz CT molecular complexity index is 794. The van der Waals surface area contributed by atoms with Crippen molar-refractivity contribution in [3.8, 4) is 5.75 Å². The van der Waals surface area contributed by atoms with Crippen LogP contribution in [0.2, 0.25) is 10.0 Å². The number of carbonyl (C=O) groups is 2. The van der Waals surface area contributed by atoms with Crippen LogP contribution in [-0.4, -0.2) is 18.9 Å². The number of ether oxygens (including phenoxy) is 1. The van der Waals surface area contributed by atoms with E-state index in [4.69, 9.17) is 27.9 Å². The van der Waals surface area contributed by atoms with Gasteiger partial charge in [0.2, 0.25) is 5.91 Å². The lowest BCUT2D eigenvalue weighted by Crippen LogP contribution is -2.14. The van der Waals surface area contributed by atoms with Gasteiger partial charge in [-0.1, -0.05) is 30.1 Å². The Morgan fingerprint density at radius 2 is 1.84 bits per heavy atom. The molecule has 2 aromatic rings. The molecule has 0 saturated carbocycles. The first-order chi connectivity index (χ1) is 11.9. The summed E-state index contributed by atoms with van der Waals surface area (Å²) in [5.41, 5.74) is 1.24. The summed E-state index contributed by atoms with van der Waals surface area (Å²) in [6.45, 7) is 1.91. The fraction of sp³-hybridized carbons (Fsp3) is 0.222. The summed E-state index contributed by atoms with van der Waals surface area (Å²) in [6.07, 6.45) is 1.13. The van der Waals surface area contributed by atoms with Gasteiger partial charge in [-0.2, -0.15) is 0 Å². The quantitative estimate of drug-likeness (QED) is 0.741. The number of nitrogens with one attached hydrogen (secondary N) is 2. The number of anilines is 2. The maximum atomic E-state index is 12.5. The third-order valence-corrected chi connectivity index (χ3v) is 3.95. The number of carbonyl (C=O) groups excluding carboxylic acids is 2. The molecular weight excluding hydrogens is 363 g/mol. The average Bonchev–Trinajstić information content (AvgIpc) is 2.58. The van der Waals surface area contributed by atoms with E-state index in [1.807, 2.05) is 6.92 Å². The Balaban J connectivity index is 2.21. The van der Waals surface area contributed by atoms with Gasteiger partial charge in [-0.3, -0.25) is 9.59 Å². The van der Waals surface area contributed by atoms with Gasteiger partial charge in [-0.05, 0) is 42.8 Å². The zero-order chi connectivity index (χ0) is 18.4. The summed E-state index contributed by atoms with van der Waals surface area (Å²) >= 11 is 12.1. The van der Waals surface area contributed by atoms with Crippen molar-refractivity contribution >= 4 is 46.4 Å². The molecule has 2 rings (SSSR count). The minimum atomic E-state index is -0.382. The van der Waals surface area contributed by atoms with Gasteiger partial charge in [-0.25, -0.2) is 0 Å². The number of amides is 2. The lowest BCUT2D eigenvalue weighted by molar-refractivity contribution is -0.116. The van der Waals surface area contributed by atoms with E-state index in [-0.39, 0.29) is 11.8 Å². The summed E-state index contributed by atoms with van der Waals surface area (Å²) in [6, 6.07) is 9.64. The van der Waals surface area contributed by atoms with E-state index < -0.39 is 0 Å². The minimum absolute atomic E-state index is 0.135. The third kappa shape index (κ3) is 5.11. The lowest BCUT2D eigenvalue weighted by Gasteiger charge is -2.12. The Morgan fingerprint density at radius 3 is 2.52 bits per heavy atom. The molecule has 2 amide bonds. The molecule has 7 heteroatoms. The maximum Gasteiger partial charge on any atom is 0.259 e. The zero-order valence-corrected chi connectivity index (χ0v) is 15.4. The van der Waals surface area contributed by atoms with E-state index in [1.54, 1.807) is 30.3 Å². The first-order valence-corrected chi connectivity index (χ1v) is 8.44. The fourth-order valence-corrected chi connectivity index (χ4v) is 2.53. The summed E-state index contributed by atoms with van der Waals surface area (Å²) in [7, 11) is 1.48. The highest BCUT2D eigenvalue weighted by molar-refractivity contribution is 6.34. The standard InChI is InChI=1S/C18H18Cl2N2O3/c1-3-4-17(23)22-15-10-12(6-7-14(15)20)21-18(24)13-9-11(19)5-8-16(13)25-2/h5-10H,3-4H2,1-2H3,(H,21,24)(H,22,23). The molecule has 0 radical (unpaired) electrons. The average molecular weight is 381 g/mol. The van der Waals surface area contributed by atoms with Crippen LogP contribution in [-0.2, 0) is 4.79 Å². The Hall–Kier alpha value is -2.24. The van der Waals surface area contributed by atoms with Crippen molar-refractivity contribution in [3.63, 3.8) is 0 Å². The number of hydrogen-bond donors (Lipinski definition) is 2. The van der Waals surface area contributed by atoms with Gasteiger partial charge in [0.05, 0.1) is 23.4 Å². The van der Waals surface area contributed by atoms with Crippen molar-refractivity contribution < 1.29 is 14.3 Å². The summed E-state index contributed by atoms with van der Waals surface area (Å²) in [5.74, 6) is -0.107. The van der Waals surface area contributed by atoms with Crippen molar-refractivity contribution in [2.45, 2.75) is 19.8 Å². The van der Waals surface area contributed by atoms with Crippen LogP contribution in [0, 0.1) is 0 Å². The van der Waals surface area contributed by atoms with E-state index in [1.165, 1.54) is 13.2 Å². The number of halogens is 2. The molecule has 0 atom stereocenters. The molecule has 0 unspecified atom stereocenters. The van der Waals surface area contributed by atoms with Gasteiger partial charge in [-0.15, -0.1) is 0 Å². The number of rotatable bonds is 6. The van der Waals surface area contributed by atoms with Crippen molar-refractivity contribution in [3.05, 3.63) is 52.0 Å². The monoisotopic (exact) mass is 380 g/mol. The molecule has 132 valence electrons. The fourth-order valence-electron chi connectivity index (χ4n) is 2.19. The number of hydrogen-bond acceptors (Lipinski definition) is 3. The van der Waals surface area contributed by atoms with Crippen molar-refractivity contribution in [2.24, 2.45) is 0 Å². The molecule has 0 aromatic heterocycles. The molecular formula is C18H18Cl2N2O3. The van der Waals surface area contributed by atoms with Gasteiger partial charge in [0.1, 0.15) is 5.75 Å². The van der Waals surface area contributed by atoms with Crippen LogP contribution in [0.25, 0.3) is 0 Å². The van der Waals surface area contributed by atoms with Crippen LogP contribution in [0.4, 0.5) is 11.4 Å². The van der Waals surface area contributed by atoms with Crippen LogP contribution in [0.1, 0.15) is 30.1 Å². The molecule has 0 saturated heterocycles. The highest BCUT2D eigenvalue weighted by Crippen LogP contribution is 2.28. The first kappa shape index (κ1) is 19.1. The third-order valence-electron chi connectivity index (χ3n) is 3.38. The summed E-state index contributed by atoms with van der Waals surface area (Å²) in [5, 5.41) is 6.29. The van der Waals surface area contributed by atoms with Crippen molar-refractivity contribution in [2.75, 3.05) is 17.7 Å². The summed E-state index contributed by atoms with van der Waals surface area (Å²) in [4.78, 5) is 24.2. The van der Waals surface area contributed by atoms with Crippen LogP contribution in [0.5, 0.6) is 5.75 Å². The molecule has 5 nitrogen and oxygen atoms in total. The molecule has 2 aromatic carbocycles. The predicted molar refractivity (Wildman–Crippen MR) is 101 cm³/mol. The van der Waals surface area contributed by atoms with Crippen LogP contribution in [0.3, 0.4) is 0 Å². The normalized spacial score (nSPS) is 10.2. The van der Waals surface area contributed by atoms with Gasteiger partial charge < -0.3 is 15.4 Å². The van der Waals surface area contributed by atoms with Crippen LogP contribution in [0.15, 0.2) is 36.4 Å². The molecule has 2 N–H and O–H groups in total. The maximum absolute atomic E-state index is 12.5. The highest BCUT2D eigenvalue weighted by atomic mass is 35.5. The Morgan fingerprint density at radius 1 is 1.08 bits per heavy atom. The van der Waals surface area contributed by atoms with Crippen molar-refractivity contribution in [1.29, 1.82) is 0 Å². The first-order valence-electron chi connectivity index (χ1n) is 7.69. The van der Waals surface area contributed by atoms with E-state index in [2.05, 4.69) is 10.6 Å². The molecule has 0 heterocycles. The van der Waals surface area contributed by atoms with Gasteiger partial charge in [0.15, 0.2) is 0 Å². The number of benzene rings is 2. The van der Waals surface area contributed by atoms with E-state index >= 15 is 0 Å². The van der Waals surface area contributed by atoms with E-state index in [0.29, 0.717) is 39.2 Å². The topological polar surface area (TPSA) is 67.4 Å². The van der Waals surface area contributed by atoms with E-state index in [9.17, 15) is 9.59 Å². The zero-order valence-electron chi connectivity index (χ0n) is 13.9. The minimum Gasteiger partial charge on any atom is -0.496 e. The SMILES string of the molecule is CCCC(=O)Nc1cc(NC(=O)c2cc(Cl)ccc2OC)ccc1Cl. The van der Waals surface area contributed by atoms with Crippen LogP contribution >= 0.6 is 23.2 Å². The Labute approximate surface area is 156 Å². The van der Waals surface area contributed by atoms with E-state index in [0.717, 1.165) is 6.42 Å². The molecule has 0 aliphatic rings. The molecule has 0 fully saturated rings. The van der Waals surface area contributed by atoms with Gasteiger partial charge in [0.25, 0.3) is 5.91 Å². The van der Waals surface area contributed by atoms with Gasteiger partial charge >= 0.3 is 0 Å². The summed E-state index contributed by atoms with van der Waals surface area (Å²) < 4.78 is 5.18. The second kappa shape index (κ2) is 8.74. The molecule has 0 bridgehead atoms. The molecule has 0 aliphatic heterocycles. The number of methoxy groups -OCH3 is 1.